The fraction of sp³-hybridized carbons (Fsp3) is 0.273. The van der Waals surface area contributed by atoms with Gasteiger partial charge in [-0.1, -0.05) is 47.5 Å². The number of hydrogen-bond acceptors (Lipinski definition) is 0. The maximum absolute atomic E-state index is 6.02. The summed E-state index contributed by atoms with van der Waals surface area (Å²) in [5.74, 6) is 0. The Balaban J connectivity index is 2.71. The van der Waals surface area contributed by atoms with E-state index in [1.54, 1.807) is 0 Å². The first-order valence-electron chi connectivity index (χ1n) is 4.29. The van der Waals surface area contributed by atoms with Crippen LogP contribution in [0.15, 0.2) is 30.4 Å². The van der Waals surface area contributed by atoms with Crippen molar-refractivity contribution in [1.29, 1.82) is 0 Å². The van der Waals surface area contributed by atoms with Crippen molar-refractivity contribution in [2.24, 2.45) is 0 Å². The Labute approximate surface area is 89.2 Å². The summed E-state index contributed by atoms with van der Waals surface area (Å²) in [7, 11) is 0. The van der Waals surface area contributed by atoms with Crippen LogP contribution in [0.2, 0.25) is 10.0 Å². The Kier molecular flexibility index (Phi) is 4.34. The van der Waals surface area contributed by atoms with Crippen molar-refractivity contribution < 1.29 is 0 Å². The third kappa shape index (κ3) is 3.06. The Bertz CT molecular complexity index is 303. The van der Waals surface area contributed by atoms with Gasteiger partial charge in [0, 0.05) is 0 Å². The third-order valence-corrected chi connectivity index (χ3v) is 2.71. The van der Waals surface area contributed by atoms with Gasteiger partial charge in [0.2, 0.25) is 0 Å². The molecule has 0 atom stereocenters. The number of allylic oxidation sites excluding steroid dienone is 2. The van der Waals surface area contributed by atoms with Gasteiger partial charge in [0.1, 0.15) is 0 Å². The highest BCUT2D eigenvalue weighted by molar-refractivity contribution is 6.42. The molecule has 13 heavy (non-hydrogen) atoms. The van der Waals surface area contributed by atoms with Gasteiger partial charge in [-0.2, -0.15) is 0 Å². The van der Waals surface area contributed by atoms with Gasteiger partial charge in [0.25, 0.3) is 0 Å². The molecule has 0 radical (unpaired) electrons. The molecular weight excluding hydrogens is 203 g/mol. The minimum atomic E-state index is 0.639. The molecule has 0 nitrogen and oxygen atoms in total. The second-order valence-corrected chi connectivity index (χ2v) is 3.61. The van der Waals surface area contributed by atoms with Crippen LogP contribution in [0.4, 0.5) is 0 Å². The van der Waals surface area contributed by atoms with Crippen LogP contribution in [-0.2, 0) is 6.42 Å². The van der Waals surface area contributed by atoms with Crippen LogP contribution in [0.1, 0.15) is 18.9 Å². The van der Waals surface area contributed by atoms with E-state index in [1.807, 2.05) is 31.2 Å². The molecule has 0 fully saturated rings. The summed E-state index contributed by atoms with van der Waals surface area (Å²) in [5.41, 5.74) is 1.12. The van der Waals surface area contributed by atoms with Crippen LogP contribution >= 0.6 is 23.2 Å². The SMILES string of the molecule is C/C=C\CCc1cccc(Cl)c1Cl. The number of halogens is 2. The fourth-order valence-corrected chi connectivity index (χ4v) is 1.56. The Morgan fingerprint density at radius 3 is 2.77 bits per heavy atom. The molecule has 1 rings (SSSR count). The molecule has 2 heteroatoms. The van der Waals surface area contributed by atoms with E-state index in [4.69, 9.17) is 23.2 Å². The summed E-state index contributed by atoms with van der Waals surface area (Å²) in [5, 5.41) is 1.33. The van der Waals surface area contributed by atoms with Crippen molar-refractivity contribution in [2.75, 3.05) is 0 Å². The number of benzene rings is 1. The molecule has 0 saturated heterocycles. The number of aryl methyl sites for hydroxylation is 1. The molecule has 1 aromatic rings. The maximum atomic E-state index is 6.02. The summed E-state index contributed by atoms with van der Waals surface area (Å²) in [4.78, 5) is 0. The molecule has 0 unspecified atom stereocenters. The van der Waals surface area contributed by atoms with E-state index in [9.17, 15) is 0 Å². The maximum Gasteiger partial charge on any atom is 0.0624 e. The van der Waals surface area contributed by atoms with Gasteiger partial charge in [-0.3, -0.25) is 0 Å². The predicted octanol–water partition coefficient (Wildman–Crippen LogP) is 4.50. The minimum Gasteiger partial charge on any atom is -0.0917 e. The quantitative estimate of drug-likeness (QED) is 0.651. The van der Waals surface area contributed by atoms with Crippen LogP contribution in [0.25, 0.3) is 0 Å². The zero-order valence-electron chi connectivity index (χ0n) is 7.56. The molecule has 0 spiro atoms. The first-order chi connectivity index (χ1) is 6.25. The summed E-state index contributed by atoms with van der Waals surface area (Å²) in [6.45, 7) is 2.01. The highest BCUT2D eigenvalue weighted by Crippen LogP contribution is 2.26. The summed E-state index contributed by atoms with van der Waals surface area (Å²) < 4.78 is 0. The lowest BCUT2D eigenvalue weighted by Gasteiger charge is -2.03. The molecule has 70 valence electrons. The molecule has 0 heterocycles. The van der Waals surface area contributed by atoms with E-state index in [2.05, 4.69) is 6.08 Å². The summed E-state index contributed by atoms with van der Waals surface area (Å²) in [6, 6.07) is 5.75. The Morgan fingerprint density at radius 2 is 2.08 bits per heavy atom. The second-order valence-electron chi connectivity index (χ2n) is 2.82. The molecule has 0 aliphatic carbocycles. The van der Waals surface area contributed by atoms with Gasteiger partial charge in [-0.25, -0.2) is 0 Å². The lowest BCUT2D eigenvalue weighted by atomic mass is 10.1. The Morgan fingerprint density at radius 1 is 1.31 bits per heavy atom. The lowest BCUT2D eigenvalue weighted by molar-refractivity contribution is 1.000. The minimum absolute atomic E-state index is 0.639. The van der Waals surface area contributed by atoms with E-state index in [1.165, 1.54) is 0 Å². The molecule has 0 N–H and O–H groups in total. The molecule has 0 aliphatic heterocycles. The molecule has 0 aliphatic rings. The molecule has 0 bridgehead atoms. The molecular formula is C11H12Cl2. The normalized spacial score (nSPS) is 11.0. The predicted molar refractivity (Wildman–Crippen MR) is 59.6 cm³/mol. The van der Waals surface area contributed by atoms with Crippen molar-refractivity contribution in [3.05, 3.63) is 46.0 Å². The smallest absolute Gasteiger partial charge is 0.0624 e. The van der Waals surface area contributed by atoms with Crippen molar-refractivity contribution in [1.82, 2.24) is 0 Å². The van der Waals surface area contributed by atoms with E-state index in [0.717, 1.165) is 18.4 Å². The van der Waals surface area contributed by atoms with Crippen LogP contribution in [0.5, 0.6) is 0 Å². The van der Waals surface area contributed by atoms with Gasteiger partial charge in [0.15, 0.2) is 0 Å². The van der Waals surface area contributed by atoms with Crippen LogP contribution in [-0.4, -0.2) is 0 Å². The summed E-state index contributed by atoms with van der Waals surface area (Å²) in [6.07, 6.45) is 6.12. The van der Waals surface area contributed by atoms with Crippen molar-refractivity contribution in [2.45, 2.75) is 19.8 Å². The standard InChI is InChI=1S/C11H12Cl2/c1-2-3-4-6-9-7-5-8-10(12)11(9)13/h2-3,5,7-8H,4,6H2,1H3/b3-2-. The summed E-state index contributed by atoms with van der Waals surface area (Å²) >= 11 is 11.9. The van der Waals surface area contributed by atoms with Crippen molar-refractivity contribution >= 4 is 23.2 Å². The lowest BCUT2D eigenvalue weighted by Crippen LogP contribution is -1.85. The largest absolute Gasteiger partial charge is 0.0917 e. The first-order valence-corrected chi connectivity index (χ1v) is 5.05. The van der Waals surface area contributed by atoms with Crippen LogP contribution in [0.3, 0.4) is 0 Å². The number of hydrogen-bond donors (Lipinski definition) is 0. The fourth-order valence-electron chi connectivity index (χ4n) is 1.15. The molecule has 0 aromatic heterocycles. The molecule has 0 amide bonds. The number of rotatable bonds is 3. The average Bonchev–Trinajstić information content (AvgIpc) is 2.13. The van der Waals surface area contributed by atoms with E-state index in [-0.39, 0.29) is 0 Å². The zero-order chi connectivity index (χ0) is 9.68. The van der Waals surface area contributed by atoms with E-state index in [0.29, 0.717) is 10.0 Å². The molecule has 0 saturated carbocycles. The monoisotopic (exact) mass is 214 g/mol. The van der Waals surface area contributed by atoms with Gasteiger partial charge in [0.05, 0.1) is 10.0 Å². The zero-order valence-corrected chi connectivity index (χ0v) is 9.07. The second kappa shape index (κ2) is 5.31. The highest BCUT2D eigenvalue weighted by Gasteiger charge is 2.02. The topological polar surface area (TPSA) is 0 Å². The first kappa shape index (κ1) is 10.6. The van der Waals surface area contributed by atoms with Gasteiger partial charge in [-0.05, 0) is 31.4 Å². The highest BCUT2D eigenvalue weighted by atomic mass is 35.5. The van der Waals surface area contributed by atoms with Crippen LogP contribution < -0.4 is 0 Å². The van der Waals surface area contributed by atoms with Crippen molar-refractivity contribution in [3.8, 4) is 0 Å². The van der Waals surface area contributed by atoms with Gasteiger partial charge < -0.3 is 0 Å². The van der Waals surface area contributed by atoms with Gasteiger partial charge >= 0.3 is 0 Å². The van der Waals surface area contributed by atoms with E-state index >= 15 is 0 Å². The van der Waals surface area contributed by atoms with Crippen molar-refractivity contribution in [3.63, 3.8) is 0 Å². The third-order valence-electron chi connectivity index (χ3n) is 1.85. The van der Waals surface area contributed by atoms with E-state index < -0.39 is 0 Å². The molecule has 1 aromatic carbocycles. The average molecular weight is 215 g/mol. The van der Waals surface area contributed by atoms with Gasteiger partial charge in [-0.15, -0.1) is 0 Å². The Hall–Kier alpha value is -0.460. The van der Waals surface area contributed by atoms with Crippen LogP contribution in [0, 0.1) is 0 Å².